The molecule has 2 aliphatic rings. The van der Waals surface area contributed by atoms with Crippen molar-refractivity contribution < 1.29 is 31.8 Å². The van der Waals surface area contributed by atoms with Gasteiger partial charge in [0.15, 0.2) is 0 Å². The molecule has 0 saturated carbocycles. The van der Waals surface area contributed by atoms with Crippen molar-refractivity contribution in [3.8, 4) is 23.0 Å². The van der Waals surface area contributed by atoms with Crippen LogP contribution in [0, 0.1) is 30.5 Å². The lowest BCUT2D eigenvalue weighted by atomic mass is 9.99. The number of anilines is 2. The van der Waals surface area contributed by atoms with E-state index in [1.807, 2.05) is 6.07 Å². The summed E-state index contributed by atoms with van der Waals surface area (Å²) in [6.45, 7) is 5.34. The zero-order valence-electron chi connectivity index (χ0n) is 20.9. The smallest absolute Gasteiger partial charge is 0.379 e. The summed E-state index contributed by atoms with van der Waals surface area (Å²) in [5.74, 6) is 4.90. The second kappa shape index (κ2) is 11.0. The van der Waals surface area contributed by atoms with Gasteiger partial charge >= 0.3 is 6.18 Å². The number of carbonyl (C=O) groups is 1. The highest BCUT2D eigenvalue weighted by atomic mass is 19.4. The summed E-state index contributed by atoms with van der Waals surface area (Å²) in [5, 5.41) is 2.39. The molecule has 0 spiro atoms. The van der Waals surface area contributed by atoms with Crippen molar-refractivity contribution in [2.24, 2.45) is 5.92 Å². The van der Waals surface area contributed by atoms with Gasteiger partial charge in [-0.15, -0.1) is 0 Å². The van der Waals surface area contributed by atoms with Crippen LogP contribution in [0.3, 0.4) is 0 Å². The van der Waals surface area contributed by atoms with Crippen molar-refractivity contribution in [1.29, 1.82) is 0 Å². The molecular formula is C28H24F4N4O3. The van der Waals surface area contributed by atoms with E-state index in [1.165, 1.54) is 12.1 Å². The molecule has 1 aromatic carbocycles. The molecule has 3 aromatic rings. The van der Waals surface area contributed by atoms with Gasteiger partial charge in [0.2, 0.25) is 0 Å². The molecule has 2 saturated heterocycles. The Balaban J connectivity index is 1.47. The van der Waals surface area contributed by atoms with E-state index < -0.39 is 23.6 Å². The van der Waals surface area contributed by atoms with E-state index in [-0.39, 0.29) is 17.2 Å². The quantitative estimate of drug-likeness (QED) is 0.382. The third kappa shape index (κ3) is 6.02. The number of aryl methyl sites for hydroxylation is 1. The van der Waals surface area contributed by atoms with Gasteiger partial charge in [-0.25, -0.2) is 9.37 Å². The highest BCUT2D eigenvalue weighted by molar-refractivity contribution is 6.04. The van der Waals surface area contributed by atoms with E-state index >= 15 is 0 Å². The first-order valence-corrected chi connectivity index (χ1v) is 12.3. The van der Waals surface area contributed by atoms with Crippen LogP contribution in [0.5, 0.6) is 0 Å². The third-order valence-corrected chi connectivity index (χ3v) is 6.44. The maximum absolute atomic E-state index is 14.9. The molecule has 2 aliphatic heterocycles. The molecule has 0 bridgehead atoms. The number of nitrogens with one attached hydrogen (secondary N) is 1. The van der Waals surface area contributed by atoms with Crippen LogP contribution in [0.15, 0.2) is 42.7 Å². The van der Waals surface area contributed by atoms with Crippen molar-refractivity contribution in [1.82, 2.24) is 9.97 Å². The number of amides is 1. The van der Waals surface area contributed by atoms with Gasteiger partial charge < -0.3 is 19.7 Å². The average Bonchev–Trinajstić information content (AvgIpc) is 2.89. The van der Waals surface area contributed by atoms with Crippen LogP contribution in [0.4, 0.5) is 28.9 Å². The van der Waals surface area contributed by atoms with Crippen LogP contribution in [0.2, 0.25) is 0 Å². The lowest BCUT2D eigenvalue weighted by Crippen LogP contribution is -2.36. The molecule has 11 heteroatoms. The molecule has 2 aromatic heterocycles. The number of pyridine rings is 2. The number of carbonyl (C=O) groups excluding carboxylic acids is 1. The molecule has 202 valence electrons. The highest BCUT2D eigenvalue weighted by Gasteiger charge is 2.33. The summed E-state index contributed by atoms with van der Waals surface area (Å²) in [7, 11) is 0. The molecule has 0 unspecified atom stereocenters. The van der Waals surface area contributed by atoms with E-state index in [9.17, 15) is 22.4 Å². The van der Waals surface area contributed by atoms with E-state index in [4.69, 9.17) is 9.47 Å². The molecular weight excluding hydrogens is 516 g/mol. The number of rotatable bonds is 4. The zero-order valence-corrected chi connectivity index (χ0v) is 20.9. The van der Waals surface area contributed by atoms with Crippen LogP contribution in [-0.2, 0) is 15.7 Å². The second-order valence-electron chi connectivity index (χ2n) is 9.22. The Morgan fingerprint density at radius 3 is 2.56 bits per heavy atom. The van der Waals surface area contributed by atoms with Gasteiger partial charge in [-0.2, -0.15) is 13.2 Å². The fraction of sp³-hybridized carbons (Fsp3) is 0.321. The zero-order chi connectivity index (χ0) is 27.6. The minimum absolute atomic E-state index is 0.169. The average molecular weight is 541 g/mol. The van der Waals surface area contributed by atoms with Crippen LogP contribution in [-0.4, -0.2) is 55.4 Å². The van der Waals surface area contributed by atoms with Gasteiger partial charge in [-0.3, -0.25) is 9.78 Å². The topological polar surface area (TPSA) is 76.6 Å². The van der Waals surface area contributed by atoms with E-state index in [0.29, 0.717) is 68.0 Å². The maximum atomic E-state index is 14.9. The van der Waals surface area contributed by atoms with Crippen LogP contribution >= 0.6 is 0 Å². The normalized spacial score (nSPS) is 15.8. The summed E-state index contributed by atoms with van der Waals surface area (Å²) < 4.78 is 64.6. The standard InChI is InChI=1S/C28H24F4N4O3/c1-17-10-22(29)24(35-27(37)19-4-5-33-26(12-19)28(30,31)32)13-21(17)20-11-25(36-6-8-38-9-7-36)23(34-14-20)3-2-18-15-39-16-18/h4-5,10-14,18H,6-9,15-16H2,1H3,(H,35,37). The summed E-state index contributed by atoms with van der Waals surface area (Å²) in [6.07, 6.45) is -2.20. The molecule has 39 heavy (non-hydrogen) atoms. The molecule has 2 fully saturated rings. The number of benzene rings is 1. The van der Waals surface area contributed by atoms with Crippen molar-refractivity contribution >= 4 is 17.3 Å². The summed E-state index contributed by atoms with van der Waals surface area (Å²) in [4.78, 5) is 22.7. The van der Waals surface area contributed by atoms with Gasteiger partial charge in [0.1, 0.15) is 17.2 Å². The molecule has 5 rings (SSSR count). The largest absolute Gasteiger partial charge is 0.433 e. The number of aromatic nitrogens is 2. The Kier molecular flexibility index (Phi) is 7.50. The van der Waals surface area contributed by atoms with E-state index in [2.05, 4.69) is 32.0 Å². The van der Waals surface area contributed by atoms with Crippen LogP contribution in [0.25, 0.3) is 11.1 Å². The highest BCUT2D eigenvalue weighted by Crippen LogP contribution is 2.33. The Labute approximate surface area is 222 Å². The van der Waals surface area contributed by atoms with Crippen molar-refractivity contribution in [3.63, 3.8) is 0 Å². The summed E-state index contributed by atoms with van der Waals surface area (Å²) in [6, 6.07) is 6.38. The Morgan fingerprint density at radius 2 is 1.87 bits per heavy atom. The summed E-state index contributed by atoms with van der Waals surface area (Å²) in [5.41, 5.74) is 1.61. The molecule has 1 amide bonds. The second-order valence-corrected chi connectivity index (χ2v) is 9.22. The van der Waals surface area contributed by atoms with Gasteiger partial charge in [-0.05, 0) is 54.3 Å². The fourth-order valence-electron chi connectivity index (χ4n) is 4.23. The van der Waals surface area contributed by atoms with Crippen molar-refractivity contribution in [3.05, 3.63) is 71.1 Å². The fourth-order valence-corrected chi connectivity index (χ4v) is 4.23. The first kappa shape index (κ1) is 26.6. The number of ether oxygens (including phenoxy) is 2. The third-order valence-electron chi connectivity index (χ3n) is 6.44. The Morgan fingerprint density at radius 1 is 1.10 bits per heavy atom. The number of hydrogen-bond acceptors (Lipinski definition) is 6. The number of alkyl halides is 3. The minimum Gasteiger partial charge on any atom is -0.379 e. The van der Waals surface area contributed by atoms with Crippen LogP contribution < -0.4 is 10.2 Å². The van der Waals surface area contributed by atoms with E-state index in [1.54, 1.807) is 13.1 Å². The Hall–Kier alpha value is -4.01. The maximum Gasteiger partial charge on any atom is 0.433 e. The van der Waals surface area contributed by atoms with Gasteiger partial charge in [0, 0.05) is 36.6 Å². The lowest BCUT2D eigenvalue weighted by molar-refractivity contribution is -0.141. The van der Waals surface area contributed by atoms with Gasteiger partial charge in [0.05, 0.1) is 43.7 Å². The molecule has 0 aliphatic carbocycles. The number of nitrogens with zero attached hydrogens (tertiary/aromatic N) is 3. The van der Waals surface area contributed by atoms with Crippen molar-refractivity contribution in [2.75, 3.05) is 49.7 Å². The first-order chi connectivity index (χ1) is 18.7. The number of morpholine rings is 1. The molecule has 7 nitrogen and oxygen atoms in total. The summed E-state index contributed by atoms with van der Waals surface area (Å²) >= 11 is 0. The SMILES string of the molecule is Cc1cc(F)c(NC(=O)c2ccnc(C(F)(F)F)c2)cc1-c1cnc(C#CC2COC2)c(N2CCOCC2)c1. The van der Waals surface area contributed by atoms with Gasteiger partial charge in [0.25, 0.3) is 5.91 Å². The number of hydrogen-bond donors (Lipinski definition) is 1. The van der Waals surface area contributed by atoms with Crippen molar-refractivity contribution in [2.45, 2.75) is 13.1 Å². The monoisotopic (exact) mass is 540 g/mol. The van der Waals surface area contributed by atoms with E-state index in [0.717, 1.165) is 18.0 Å². The molecule has 0 radical (unpaired) electrons. The number of halogens is 4. The molecule has 1 N–H and O–H groups in total. The lowest BCUT2D eigenvalue weighted by Gasteiger charge is -2.30. The molecule has 0 atom stereocenters. The molecule has 4 heterocycles. The predicted molar refractivity (Wildman–Crippen MR) is 136 cm³/mol. The minimum atomic E-state index is -4.72. The first-order valence-electron chi connectivity index (χ1n) is 12.3. The van der Waals surface area contributed by atoms with Gasteiger partial charge in [-0.1, -0.05) is 5.92 Å². The van der Waals surface area contributed by atoms with Crippen LogP contribution in [0.1, 0.15) is 27.3 Å². The Bertz CT molecular complexity index is 1460. The predicted octanol–water partition coefficient (Wildman–Crippen LogP) is 4.70.